The Morgan fingerprint density at radius 3 is 2.75 bits per heavy atom. The molecule has 1 saturated carbocycles. The average Bonchev–Trinajstić information content (AvgIpc) is 3.03. The fourth-order valence-corrected chi connectivity index (χ4v) is 3.80. The molecule has 0 unspecified atom stereocenters. The number of thioether (sulfide) groups is 1. The highest BCUT2D eigenvalue weighted by atomic mass is 32.2. The van der Waals surface area contributed by atoms with E-state index < -0.39 is 12.1 Å². The van der Waals surface area contributed by atoms with E-state index in [0.29, 0.717) is 23.4 Å². The van der Waals surface area contributed by atoms with Gasteiger partial charge in [-0.1, -0.05) is 31.8 Å². The van der Waals surface area contributed by atoms with Gasteiger partial charge < -0.3 is 19.9 Å². The van der Waals surface area contributed by atoms with Gasteiger partial charge in [0.25, 0.3) is 5.91 Å². The smallest absolute Gasteiger partial charge is 0.316 e. The number of nitrogens with one attached hydrogen (secondary N) is 2. The van der Waals surface area contributed by atoms with Gasteiger partial charge in [0.1, 0.15) is 5.76 Å². The second-order valence-corrected chi connectivity index (χ2v) is 8.36. The van der Waals surface area contributed by atoms with E-state index >= 15 is 0 Å². The number of hydrogen-bond acceptors (Lipinski definition) is 7. The summed E-state index contributed by atoms with van der Waals surface area (Å²) in [6.45, 7) is 7.63. The lowest BCUT2D eigenvalue weighted by Crippen LogP contribution is -2.47. The highest BCUT2D eigenvalue weighted by molar-refractivity contribution is 8.00. The van der Waals surface area contributed by atoms with Crippen molar-refractivity contribution < 1.29 is 23.6 Å². The number of aromatic nitrogens is 1. The largest absolute Gasteiger partial charge is 0.452 e. The lowest BCUT2D eigenvalue weighted by atomic mass is 9.78. The van der Waals surface area contributed by atoms with Crippen LogP contribution >= 0.6 is 11.8 Å². The van der Waals surface area contributed by atoms with E-state index in [1.54, 1.807) is 19.9 Å². The van der Waals surface area contributed by atoms with Gasteiger partial charge >= 0.3 is 5.97 Å². The first-order valence-corrected chi connectivity index (χ1v) is 10.7. The Balaban J connectivity index is 1.65. The molecule has 0 saturated heterocycles. The van der Waals surface area contributed by atoms with Gasteiger partial charge in [-0.05, 0) is 32.1 Å². The van der Waals surface area contributed by atoms with Crippen molar-refractivity contribution in [2.75, 3.05) is 16.8 Å². The second-order valence-electron chi connectivity index (χ2n) is 7.38. The molecule has 1 aliphatic rings. The van der Waals surface area contributed by atoms with Crippen molar-refractivity contribution in [3.05, 3.63) is 11.8 Å². The molecule has 8 nitrogen and oxygen atoms in total. The first-order valence-electron chi connectivity index (χ1n) is 9.57. The van der Waals surface area contributed by atoms with Crippen molar-refractivity contribution in [1.82, 2.24) is 10.5 Å². The molecule has 0 bridgehead atoms. The van der Waals surface area contributed by atoms with Gasteiger partial charge in [-0.15, -0.1) is 11.8 Å². The summed E-state index contributed by atoms with van der Waals surface area (Å²) in [5.74, 6) is 0.865. The van der Waals surface area contributed by atoms with E-state index in [9.17, 15) is 14.4 Å². The predicted molar refractivity (Wildman–Crippen MR) is 107 cm³/mol. The molecule has 1 aliphatic carbocycles. The molecule has 28 heavy (non-hydrogen) atoms. The van der Waals surface area contributed by atoms with Crippen molar-refractivity contribution in [2.45, 2.75) is 59.1 Å². The summed E-state index contributed by atoms with van der Waals surface area (Å²) in [7, 11) is 0. The molecule has 2 rings (SSSR count). The minimum absolute atomic E-state index is 0.0141. The topological polar surface area (TPSA) is 111 Å². The van der Waals surface area contributed by atoms with Crippen LogP contribution in [-0.4, -0.2) is 46.6 Å². The van der Waals surface area contributed by atoms with Gasteiger partial charge in [0.2, 0.25) is 5.91 Å². The number of amides is 2. The van der Waals surface area contributed by atoms with Crippen LogP contribution in [0, 0.1) is 18.8 Å². The van der Waals surface area contributed by atoms with Crippen LogP contribution in [0.3, 0.4) is 0 Å². The SMILES string of the molecule is Cc1cc(NC(=O)CSCC(=O)O[C@H](C)C(=O)N[C@@H]2CCC[C@H](C)[C@@H]2C)no1. The Morgan fingerprint density at radius 2 is 2.07 bits per heavy atom. The maximum atomic E-state index is 12.3. The number of anilines is 1. The molecular formula is C19H29N3O5S. The van der Waals surface area contributed by atoms with Gasteiger partial charge in [-0.25, -0.2) is 0 Å². The van der Waals surface area contributed by atoms with Gasteiger partial charge in [0.15, 0.2) is 11.9 Å². The Labute approximate surface area is 169 Å². The maximum absolute atomic E-state index is 12.3. The third-order valence-corrected chi connectivity index (χ3v) is 5.97. The summed E-state index contributed by atoms with van der Waals surface area (Å²) in [6, 6.07) is 1.72. The first kappa shape index (κ1) is 22.3. The summed E-state index contributed by atoms with van der Waals surface area (Å²) >= 11 is 1.11. The van der Waals surface area contributed by atoms with E-state index in [1.807, 2.05) is 0 Å². The maximum Gasteiger partial charge on any atom is 0.316 e. The summed E-state index contributed by atoms with van der Waals surface area (Å²) in [5, 5.41) is 9.24. The highest BCUT2D eigenvalue weighted by Gasteiger charge is 2.30. The summed E-state index contributed by atoms with van der Waals surface area (Å²) in [5.41, 5.74) is 0. The Hall–Kier alpha value is -2.03. The van der Waals surface area contributed by atoms with E-state index in [-0.39, 0.29) is 29.4 Å². The summed E-state index contributed by atoms with van der Waals surface area (Å²) in [6.07, 6.45) is 2.37. The number of nitrogens with zero attached hydrogens (tertiary/aromatic N) is 1. The summed E-state index contributed by atoms with van der Waals surface area (Å²) < 4.78 is 10.0. The van der Waals surface area contributed by atoms with Crippen molar-refractivity contribution in [3.8, 4) is 0 Å². The minimum Gasteiger partial charge on any atom is -0.452 e. The average molecular weight is 412 g/mol. The predicted octanol–water partition coefficient (Wildman–Crippen LogP) is 2.53. The Morgan fingerprint density at radius 1 is 1.32 bits per heavy atom. The minimum atomic E-state index is -0.857. The number of rotatable bonds is 8. The molecule has 1 aromatic rings. The van der Waals surface area contributed by atoms with Crippen molar-refractivity contribution in [3.63, 3.8) is 0 Å². The van der Waals surface area contributed by atoms with Gasteiger partial charge in [0.05, 0.1) is 11.5 Å². The van der Waals surface area contributed by atoms with Crippen LogP contribution in [0.5, 0.6) is 0 Å². The normalized spacial score (nSPS) is 22.9. The molecule has 0 aromatic carbocycles. The number of carbonyl (C=O) groups excluding carboxylic acids is 3. The number of esters is 1. The molecule has 1 aromatic heterocycles. The highest BCUT2D eigenvalue weighted by Crippen LogP contribution is 2.29. The zero-order valence-corrected chi connectivity index (χ0v) is 17.6. The van der Waals surface area contributed by atoms with Gasteiger partial charge in [-0.3, -0.25) is 14.4 Å². The van der Waals surface area contributed by atoms with Crippen LogP contribution in [-0.2, 0) is 19.1 Å². The van der Waals surface area contributed by atoms with Crippen LogP contribution in [0.25, 0.3) is 0 Å². The fraction of sp³-hybridized carbons (Fsp3) is 0.684. The quantitative estimate of drug-likeness (QED) is 0.632. The second kappa shape index (κ2) is 10.5. The fourth-order valence-electron chi connectivity index (χ4n) is 3.20. The first-order chi connectivity index (χ1) is 13.3. The molecule has 1 heterocycles. The number of carbonyl (C=O) groups is 3. The molecule has 2 N–H and O–H groups in total. The Bertz CT molecular complexity index is 693. The van der Waals surface area contributed by atoms with Gasteiger partial charge in [-0.2, -0.15) is 0 Å². The molecular weight excluding hydrogens is 382 g/mol. The molecule has 0 spiro atoms. The van der Waals surface area contributed by atoms with E-state index in [0.717, 1.165) is 24.6 Å². The van der Waals surface area contributed by atoms with E-state index in [2.05, 4.69) is 29.6 Å². The third-order valence-electron chi connectivity index (χ3n) is 5.06. The zero-order valence-electron chi connectivity index (χ0n) is 16.8. The molecule has 2 amide bonds. The summed E-state index contributed by atoms with van der Waals surface area (Å²) in [4.78, 5) is 36.0. The zero-order chi connectivity index (χ0) is 20.7. The van der Waals surface area contributed by atoms with Crippen LogP contribution in [0.15, 0.2) is 10.6 Å². The lowest BCUT2D eigenvalue weighted by Gasteiger charge is -2.35. The monoisotopic (exact) mass is 411 g/mol. The third kappa shape index (κ3) is 6.85. The van der Waals surface area contributed by atoms with E-state index in [4.69, 9.17) is 9.26 Å². The molecule has 0 aliphatic heterocycles. The van der Waals surface area contributed by atoms with Gasteiger partial charge in [0, 0.05) is 12.1 Å². The lowest BCUT2D eigenvalue weighted by molar-refractivity contribution is -0.152. The molecule has 1 fully saturated rings. The van der Waals surface area contributed by atoms with Crippen LogP contribution < -0.4 is 10.6 Å². The number of ether oxygens (including phenoxy) is 1. The van der Waals surface area contributed by atoms with Crippen molar-refractivity contribution in [1.29, 1.82) is 0 Å². The molecule has 0 radical (unpaired) electrons. The van der Waals surface area contributed by atoms with E-state index in [1.165, 1.54) is 6.42 Å². The van der Waals surface area contributed by atoms with Crippen LogP contribution in [0.4, 0.5) is 5.82 Å². The molecule has 156 valence electrons. The van der Waals surface area contributed by atoms with Crippen molar-refractivity contribution >= 4 is 35.4 Å². The Kier molecular flexibility index (Phi) is 8.35. The molecule has 9 heteroatoms. The van der Waals surface area contributed by atoms with Crippen molar-refractivity contribution in [2.24, 2.45) is 11.8 Å². The standard InChI is InChI=1S/C19H29N3O5S/c1-11-6-5-7-15(13(11)3)20-19(25)14(4)26-18(24)10-28-9-17(23)21-16-8-12(2)27-22-16/h8,11,13-15H,5-7,9-10H2,1-4H3,(H,20,25)(H,21,22,23)/t11-,13-,14+,15+/m0/s1. The number of aryl methyl sites for hydroxylation is 1. The van der Waals surface area contributed by atoms with Crippen LogP contribution in [0.1, 0.15) is 45.8 Å². The number of hydrogen-bond donors (Lipinski definition) is 2. The molecule has 4 atom stereocenters. The van der Waals surface area contributed by atoms with Crippen LogP contribution in [0.2, 0.25) is 0 Å².